The summed E-state index contributed by atoms with van der Waals surface area (Å²) in [5, 5.41) is 0.296. The highest BCUT2D eigenvalue weighted by molar-refractivity contribution is 7.19. The number of ether oxygens (including phenoxy) is 2. The van der Waals surface area contributed by atoms with Crippen molar-refractivity contribution in [3.05, 3.63) is 16.2 Å². The molecule has 0 bridgehead atoms. The van der Waals surface area contributed by atoms with E-state index in [0.29, 0.717) is 31.5 Å². The highest BCUT2D eigenvalue weighted by Gasteiger charge is 2.19. The average Bonchev–Trinajstić information content (AvgIpc) is 3.12. The minimum absolute atomic E-state index is 0.0842. The molecular weight excluding hydrogens is 424 g/mol. The molecule has 1 aliphatic heterocycles. The van der Waals surface area contributed by atoms with Gasteiger partial charge in [-0.15, -0.1) is 11.3 Å². The van der Waals surface area contributed by atoms with Crippen LogP contribution in [0.15, 0.2) is 6.07 Å². The quantitative estimate of drug-likeness (QED) is 0.287. The van der Waals surface area contributed by atoms with E-state index < -0.39 is 0 Å². The summed E-state index contributed by atoms with van der Waals surface area (Å²) in [5.74, 6) is 0.841. The Kier molecular flexibility index (Phi) is 9.11. The normalized spacial score (nSPS) is 14.6. The molecule has 1 aliphatic rings. The number of rotatable bonds is 11. The second-order valence-electron chi connectivity index (χ2n) is 7.55. The van der Waals surface area contributed by atoms with Crippen molar-refractivity contribution in [2.24, 2.45) is 0 Å². The first-order valence-corrected chi connectivity index (χ1v) is 11.9. The van der Waals surface area contributed by atoms with Gasteiger partial charge in [-0.25, -0.2) is 4.98 Å². The number of hydrogen-bond donors (Lipinski definition) is 0. The van der Waals surface area contributed by atoms with Crippen molar-refractivity contribution in [1.29, 1.82) is 0 Å². The Labute approximate surface area is 187 Å². The van der Waals surface area contributed by atoms with Crippen LogP contribution in [0.5, 0.6) is 0 Å². The van der Waals surface area contributed by atoms with Gasteiger partial charge < -0.3 is 19.3 Å². The van der Waals surface area contributed by atoms with Gasteiger partial charge in [-0.05, 0) is 51.0 Å². The highest BCUT2D eigenvalue weighted by atomic mass is 35.5. The first kappa shape index (κ1) is 23.2. The fraction of sp³-hybridized carbons (Fsp3) is 0.667. The zero-order chi connectivity index (χ0) is 21.3. The topological polar surface area (TPSA) is 67.8 Å². The largest absolute Gasteiger partial charge is 0.466 e. The van der Waals surface area contributed by atoms with Gasteiger partial charge in [0.05, 0.1) is 30.0 Å². The molecule has 30 heavy (non-hydrogen) atoms. The van der Waals surface area contributed by atoms with E-state index in [1.54, 1.807) is 11.3 Å². The maximum absolute atomic E-state index is 11.4. The smallest absolute Gasteiger partial charge is 0.305 e. The number of thiophene rings is 1. The van der Waals surface area contributed by atoms with Crippen molar-refractivity contribution in [3.8, 4) is 0 Å². The molecule has 0 unspecified atom stereocenters. The number of carbonyl (C=O) groups excluding carboxylic acids is 1. The van der Waals surface area contributed by atoms with Gasteiger partial charge in [-0.3, -0.25) is 4.79 Å². The molecule has 0 radical (unpaired) electrons. The van der Waals surface area contributed by atoms with Gasteiger partial charge in [0, 0.05) is 30.9 Å². The third-order valence-corrected chi connectivity index (χ3v) is 6.36. The zero-order valence-corrected chi connectivity index (χ0v) is 19.4. The van der Waals surface area contributed by atoms with E-state index in [4.69, 9.17) is 21.1 Å². The van der Waals surface area contributed by atoms with E-state index in [1.165, 1.54) is 4.88 Å². The van der Waals surface area contributed by atoms with Crippen molar-refractivity contribution >= 4 is 44.9 Å². The van der Waals surface area contributed by atoms with Crippen molar-refractivity contribution in [3.63, 3.8) is 0 Å². The van der Waals surface area contributed by atoms with E-state index in [2.05, 4.69) is 32.9 Å². The lowest BCUT2D eigenvalue weighted by molar-refractivity contribution is -0.143. The van der Waals surface area contributed by atoms with Crippen LogP contribution in [0.3, 0.4) is 0 Å². The predicted octanol–water partition coefficient (Wildman–Crippen LogP) is 4.13. The van der Waals surface area contributed by atoms with Gasteiger partial charge in [0.2, 0.25) is 5.28 Å². The standard InChI is InChI=1S/C21H31ClN4O3S/c1-3-29-18(27)8-6-4-5-7-9-25(2)15-16-14-17-19(30-16)20(24-21(22)23-17)26-10-12-28-13-11-26/h14H,3-13,15H2,1-2H3. The number of hydrogen-bond acceptors (Lipinski definition) is 8. The SMILES string of the molecule is CCOC(=O)CCCCCCN(C)Cc1cc2nc(Cl)nc(N3CCOCC3)c2s1. The molecule has 0 saturated carbocycles. The maximum Gasteiger partial charge on any atom is 0.305 e. The number of nitrogens with zero attached hydrogens (tertiary/aromatic N) is 4. The Hall–Kier alpha value is -1.48. The van der Waals surface area contributed by atoms with Gasteiger partial charge >= 0.3 is 5.97 Å². The summed E-state index contributed by atoms with van der Waals surface area (Å²) < 4.78 is 11.5. The van der Waals surface area contributed by atoms with Crippen LogP contribution >= 0.6 is 22.9 Å². The van der Waals surface area contributed by atoms with E-state index in [0.717, 1.165) is 67.9 Å². The molecule has 1 fully saturated rings. The lowest BCUT2D eigenvalue weighted by Gasteiger charge is -2.28. The molecule has 1 saturated heterocycles. The Balaban J connectivity index is 1.49. The molecule has 3 rings (SSSR count). The summed E-state index contributed by atoms with van der Waals surface area (Å²) in [6.07, 6.45) is 4.74. The monoisotopic (exact) mass is 454 g/mol. The minimum Gasteiger partial charge on any atom is -0.466 e. The zero-order valence-electron chi connectivity index (χ0n) is 17.9. The Bertz CT molecular complexity index is 826. The van der Waals surface area contributed by atoms with Gasteiger partial charge in [0.15, 0.2) is 5.82 Å². The third-order valence-electron chi connectivity index (χ3n) is 5.09. The summed E-state index contributed by atoms with van der Waals surface area (Å²) in [6.45, 7) is 7.29. The van der Waals surface area contributed by atoms with Crippen LogP contribution in [0, 0.1) is 0 Å². The molecule has 0 aromatic carbocycles. The Morgan fingerprint density at radius 2 is 2.03 bits per heavy atom. The Morgan fingerprint density at radius 1 is 1.27 bits per heavy atom. The molecule has 2 aromatic heterocycles. The number of anilines is 1. The summed E-state index contributed by atoms with van der Waals surface area (Å²) in [6, 6.07) is 2.13. The van der Waals surface area contributed by atoms with E-state index >= 15 is 0 Å². The molecule has 0 aliphatic carbocycles. The van der Waals surface area contributed by atoms with Crippen LogP contribution in [0.1, 0.15) is 43.9 Å². The maximum atomic E-state index is 11.4. The summed E-state index contributed by atoms with van der Waals surface area (Å²) >= 11 is 7.94. The van der Waals surface area contributed by atoms with Crippen LogP contribution in [-0.2, 0) is 20.8 Å². The summed E-state index contributed by atoms with van der Waals surface area (Å²) in [7, 11) is 2.14. The van der Waals surface area contributed by atoms with Crippen LogP contribution in [-0.4, -0.2) is 67.3 Å². The minimum atomic E-state index is -0.0842. The number of aromatic nitrogens is 2. The molecule has 7 nitrogen and oxygen atoms in total. The van der Waals surface area contributed by atoms with Gasteiger partial charge in [-0.2, -0.15) is 4.98 Å². The highest BCUT2D eigenvalue weighted by Crippen LogP contribution is 2.33. The van der Waals surface area contributed by atoms with Crippen LogP contribution in [0.4, 0.5) is 5.82 Å². The molecule has 2 aromatic rings. The van der Waals surface area contributed by atoms with Gasteiger partial charge in [0.1, 0.15) is 0 Å². The van der Waals surface area contributed by atoms with Crippen molar-refractivity contribution in [2.75, 3.05) is 51.4 Å². The number of esters is 1. The second-order valence-corrected chi connectivity index (χ2v) is 9.02. The lowest BCUT2D eigenvalue weighted by Crippen LogP contribution is -2.36. The van der Waals surface area contributed by atoms with Crippen LogP contribution in [0.2, 0.25) is 5.28 Å². The molecule has 0 amide bonds. The van der Waals surface area contributed by atoms with Crippen molar-refractivity contribution in [2.45, 2.75) is 45.6 Å². The fourth-order valence-electron chi connectivity index (χ4n) is 3.59. The molecule has 3 heterocycles. The molecule has 0 spiro atoms. The number of carbonyl (C=O) groups is 1. The first-order chi connectivity index (χ1) is 14.6. The van der Waals surface area contributed by atoms with Gasteiger partial charge in [0.25, 0.3) is 0 Å². The lowest BCUT2D eigenvalue weighted by atomic mass is 10.1. The summed E-state index contributed by atoms with van der Waals surface area (Å²) in [4.78, 5) is 26.1. The predicted molar refractivity (Wildman–Crippen MR) is 122 cm³/mol. The molecule has 0 atom stereocenters. The molecule has 166 valence electrons. The number of unbranched alkanes of at least 4 members (excludes halogenated alkanes) is 3. The molecular formula is C21H31ClN4O3S. The van der Waals surface area contributed by atoms with Crippen LogP contribution in [0.25, 0.3) is 10.2 Å². The summed E-state index contributed by atoms with van der Waals surface area (Å²) in [5.41, 5.74) is 0.920. The van der Waals surface area contributed by atoms with E-state index in [-0.39, 0.29) is 5.97 Å². The number of morpholine rings is 1. The Morgan fingerprint density at radius 3 is 2.80 bits per heavy atom. The molecule has 9 heteroatoms. The fourth-order valence-corrected chi connectivity index (χ4v) is 4.95. The van der Waals surface area contributed by atoms with E-state index in [1.807, 2.05) is 6.92 Å². The van der Waals surface area contributed by atoms with Crippen LogP contribution < -0.4 is 4.90 Å². The van der Waals surface area contributed by atoms with E-state index in [9.17, 15) is 4.79 Å². The average molecular weight is 455 g/mol. The van der Waals surface area contributed by atoms with Gasteiger partial charge in [-0.1, -0.05) is 12.8 Å². The molecule has 0 N–H and O–H groups in total. The second kappa shape index (κ2) is 11.8. The third kappa shape index (κ3) is 6.77. The number of fused-ring (bicyclic) bond motifs is 1. The number of halogens is 1. The van der Waals surface area contributed by atoms with Crippen molar-refractivity contribution in [1.82, 2.24) is 14.9 Å². The van der Waals surface area contributed by atoms with Crippen molar-refractivity contribution < 1.29 is 14.3 Å². The first-order valence-electron chi connectivity index (χ1n) is 10.7.